The third kappa shape index (κ3) is 4.33. The van der Waals surface area contributed by atoms with Gasteiger partial charge in [-0.3, -0.25) is 9.78 Å². The van der Waals surface area contributed by atoms with Crippen molar-refractivity contribution >= 4 is 22.2 Å². The van der Waals surface area contributed by atoms with E-state index < -0.39 is 16.5 Å². The Kier molecular flexibility index (Phi) is 5.90. The van der Waals surface area contributed by atoms with Gasteiger partial charge in [0, 0.05) is 18.6 Å². The highest BCUT2D eigenvalue weighted by atomic mass is 28.3. The van der Waals surface area contributed by atoms with Crippen molar-refractivity contribution in [3.63, 3.8) is 0 Å². The first-order valence-electron chi connectivity index (χ1n) is 10.0. The van der Waals surface area contributed by atoms with Crippen LogP contribution in [0.5, 0.6) is 0 Å². The monoisotopic (exact) mass is 415 g/mol. The fourth-order valence-electron chi connectivity index (χ4n) is 2.67. The van der Waals surface area contributed by atoms with Crippen molar-refractivity contribution in [2.75, 3.05) is 4.98 Å². The van der Waals surface area contributed by atoms with Crippen molar-refractivity contribution in [2.45, 2.75) is 77.8 Å². The van der Waals surface area contributed by atoms with Crippen molar-refractivity contribution in [1.29, 1.82) is 0 Å². The average Bonchev–Trinajstić information content (AvgIpc) is 2.55. The smallest absolute Gasteiger partial charge is 0.265 e. The van der Waals surface area contributed by atoms with E-state index in [-0.39, 0.29) is 15.6 Å². The Morgan fingerprint density at radius 1 is 0.893 bits per heavy atom. The third-order valence-corrected chi connectivity index (χ3v) is 16.6. The van der Waals surface area contributed by atoms with Gasteiger partial charge in [-0.1, -0.05) is 67.7 Å². The van der Waals surface area contributed by atoms with Crippen molar-refractivity contribution < 1.29 is 0 Å². The summed E-state index contributed by atoms with van der Waals surface area (Å²) in [4.78, 5) is 21.5. The summed E-state index contributed by atoms with van der Waals surface area (Å²) in [5.74, 6) is 0. The molecular weight excluding hydrogens is 378 g/mol. The van der Waals surface area contributed by atoms with Gasteiger partial charge in [0.2, 0.25) is 0 Å². The number of nitrogens with zero attached hydrogens (tertiary/aromatic N) is 2. The molecule has 2 aromatic heterocycles. The zero-order valence-corrected chi connectivity index (χ0v) is 21.3. The molecule has 0 radical (unpaired) electrons. The fourth-order valence-corrected chi connectivity index (χ4v) is 5.71. The Morgan fingerprint density at radius 3 is 1.89 bits per heavy atom. The van der Waals surface area contributed by atoms with Crippen LogP contribution < -0.4 is 10.5 Å². The summed E-state index contributed by atoms with van der Waals surface area (Å²) in [5, 5.41) is 0.190. The Morgan fingerprint density at radius 2 is 1.43 bits per heavy atom. The minimum atomic E-state index is -2.08. The highest BCUT2D eigenvalue weighted by Gasteiger charge is 2.40. The maximum absolute atomic E-state index is 13.6. The number of aromatic nitrogens is 2. The highest BCUT2D eigenvalue weighted by molar-refractivity contribution is 6.83. The molecule has 0 unspecified atom stereocenters. The van der Waals surface area contributed by atoms with Crippen LogP contribution in [-0.4, -0.2) is 25.7 Å². The Bertz CT molecular complexity index is 889. The van der Waals surface area contributed by atoms with Crippen LogP contribution in [0.15, 0.2) is 41.6 Å². The molecule has 0 fully saturated rings. The number of hydrogen-bond acceptors (Lipinski definition) is 3. The maximum atomic E-state index is 13.6. The summed E-state index contributed by atoms with van der Waals surface area (Å²) in [6, 6.07) is 6.04. The first-order chi connectivity index (χ1) is 12.6. The van der Waals surface area contributed by atoms with Gasteiger partial charge in [0.15, 0.2) is 16.5 Å². The van der Waals surface area contributed by atoms with Crippen molar-refractivity contribution in [1.82, 2.24) is 9.22 Å². The second kappa shape index (κ2) is 7.30. The maximum Gasteiger partial charge on any atom is 0.265 e. The number of anilines is 1. The third-order valence-electron chi connectivity index (χ3n) is 6.79. The van der Waals surface area contributed by atoms with Gasteiger partial charge in [-0.2, -0.15) is 0 Å². The standard InChI is InChI=1S/C22H37N3OSi2/c1-21(2,3)27(7,8)24-19-15-18(17-11-13-23-14-12-17)16-25(20(19)26)28(9,10)22(4,5)6/h11-16,24H,1-10H3. The van der Waals surface area contributed by atoms with E-state index in [1.165, 1.54) is 0 Å². The Balaban J connectivity index is 2.76. The van der Waals surface area contributed by atoms with Crippen molar-refractivity contribution in [3.8, 4) is 11.1 Å². The summed E-state index contributed by atoms with van der Waals surface area (Å²) in [5.41, 5.74) is 2.98. The van der Waals surface area contributed by atoms with Crippen LogP contribution in [0, 0.1) is 0 Å². The van der Waals surface area contributed by atoms with E-state index in [1.807, 2.05) is 18.2 Å². The summed E-state index contributed by atoms with van der Waals surface area (Å²) in [6.07, 6.45) is 5.67. The molecular formula is C22H37N3OSi2. The predicted molar refractivity (Wildman–Crippen MR) is 127 cm³/mol. The normalized spacial score (nSPS) is 13.5. The molecule has 1 N–H and O–H groups in total. The van der Waals surface area contributed by atoms with E-state index in [0.717, 1.165) is 16.8 Å². The largest absolute Gasteiger partial charge is 0.406 e. The van der Waals surface area contributed by atoms with Gasteiger partial charge in [-0.25, -0.2) is 0 Å². The average molecular weight is 416 g/mol. The van der Waals surface area contributed by atoms with Gasteiger partial charge < -0.3 is 9.22 Å². The van der Waals surface area contributed by atoms with Gasteiger partial charge in [-0.05, 0) is 39.4 Å². The van der Waals surface area contributed by atoms with Gasteiger partial charge >= 0.3 is 0 Å². The van der Waals surface area contributed by atoms with Gasteiger partial charge in [0.1, 0.15) is 0 Å². The molecule has 2 heterocycles. The van der Waals surface area contributed by atoms with E-state index in [1.54, 1.807) is 12.4 Å². The molecule has 0 spiro atoms. The topological polar surface area (TPSA) is 46.9 Å². The zero-order valence-electron chi connectivity index (χ0n) is 19.3. The molecule has 2 rings (SSSR count). The highest BCUT2D eigenvalue weighted by Crippen LogP contribution is 2.38. The van der Waals surface area contributed by atoms with Crippen LogP contribution in [0.4, 0.5) is 5.69 Å². The van der Waals surface area contributed by atoms with Crippen LogP contribution >= 0.6 is 0 Å². The van der Waals surface area contributed by atoms with E-state index in [2.05, 4.69) is 88.1 Å². The molecule has 0 bridgehead atoms. The molecule has 2 aromatic rings. The molecule has 0 aliphatic heterocycles. The van der Waals surface area contributed by atoms with Gasteiger partial charge in [-0.15, -0.1) is 0 Å². The number of rotatable bonds is 4. The lowest BCUT2D eigenvalue weighted by Gasteiger charge is -2.40. The lowest BCUT2D eigenvalue weighted by Crippen LogP contribution is -2.53. The molecule has 0 aromatic carbocycles. The lowest BCUT2D eigenvalue weighted by atomic mass is 10.1. The van der Waals surface area contributed by atoms with E-state index in [0.29, 0.717) is 0 Å². The SMILES string of the molecule is CC(C)(C)[Si](C)(C)Nc1cc(-c2ccncc2)cn([Si](C)(C)C(C)(C)C)c1=O. The molecule has 0 aliphatic rings. The van der Waals surface area contributed by atoms with E-state index in [9.17, 15) is 4.79 Å². The number of nitrogens with one attached hydrogen (secondary N) is 1. The first-order valence-corrected chi connectivity index (χ1v) is 16.0. The Labute approximate surface area is 172 Å². The van der Waals surface area contributed by atoms with Crippen LogP contribution in [0.1, 0.15) is 41.5 Å². The molecule has 0 saturated heterocycles. The van der Waals surface area contributed by atoms with Crippen LogP contribution in [-0.2, 0) is 0 Å². The van der Waals surface area contributed by atoms with Crippen molar-refractivity contribution in [2.24, 2.45) is 0 Å². The van der Waals surface area contributed by atoms with Crippen LogP contribution in [0.3, 0.4) is 0 Å². The van der Waals surface area contributed by atoms with Crippen LogP contribution in [0.2, 0.25) is 36.3 Å². The fraction of sp³-hybridized carbons (Fsp3) is 0.545. The zero-order chi connectivity index (χ0) is 21.5. The number of pyridine rings is 2. The minimum Gasteiger partial charge on any atom is -0.406 e. The first kappa shape index (κ1) is 22.6. The second-order valence-electron chi connectivity index (χ2n) is 10.9. The minimum absolute atomic E-state index is 0.0575. The molecule has 0 aliphatic carbocycles. The van der Waals surface area contributed by atoms with E-state index in [4.69, 9.17) is 0 Å². The van der Waals surface area contributed by atoms with Crippen LogP contribution in [0.25, 0.3) is 11.1 Å². The molecule has 154 valence electrons. The molecule has 6 heteroatoms. The van der Waals surface area contributed by atoms with Gasteiger partial charge in [0.05, 0.1) is 5.69 Å². The molecule has 0 atom stereocenters. The van der Waals surface area contributed by atoms with Crippen molar-refractivity contribution in [3.05, 3.63) is 47.1 Å². The molecule has 0 saturated carbocycles. The second-order valence-corrected chi connectivity index (χ2v) is 21.0. The summed E-state index contributed by atoms with van der Waals surface area (Å²) >= 11 is 0. The van der Waals surface area contributed by atoms with Gasteiger partial charge in [0.25, 0.3) is 5.56 Å². The summed E-state index contributed by atoms with van der Waals surface area (Å²) in [6.45, 7) is 22.6. The summed E-state index contributed by atoms with van der Waals surface area (Å²) < 4.78 is 2.05. The molecule has 0 amide bonds. The summed E-state index contributed by atoms with van der Waals surface area (Å²) in [7, 11) is -3.97. The predicted octanol–water partition coefficient (Wildman–Crippen LogP) is 6.18. The lowest BCUT2D eigenvalue weighted by molar-refractivity contribution is 0.695. The Hall–Kier alpha value is -1.67. The number of hydrogen-bond donors (Lipinski definition) is 1. The molecule has 28 heavy (non-hydrogen) atoms. The van der Waals surface area contributed by atoms with E-state index >= 15 is 0 Å². The molecule has 4 nitrogen and oxygen atoms in total. The quantitative estimate of drug-likeness (QED) is 0.606.